The van der Waals surface area contributed by atoms with Crippen LogP contribution < -0.4 is 4.90 Å². The summed E-state index contributed by atoms with van der Waals surface area (Å²) in [6, 6.07) is 4.45. The van der Waals surface area contributed by atoms with E-state index in [1.54, 1.807) is 0 Å². The number of hydrogen-bond donors (Lipinski definition) is 0. The minimum Gasteiger partial charge on any atom is -0.465 e. The zero-order chi connectivity index (χ0) is 15.8. The first-order valence-electron chi connectivity index (χ1n) is 5.85. The van der Waals surface area contributed by atoms with Crippen LogP contribution in [0.3, 0.4) is 0 Å². The molecule has 1 aromatic carbocycles. The molecule has 1 aliphatic heterocycles. The lowest BCUT2D eigenvalue weighted by molar-refractivity contribution is -0.117. The average molecular weight is 380 g/mol. The molecule has 0 aromatic heterocycles. The van der Waals surface area contributed by atoms with Crippen LogP contribution in [0.2, 0.25) is 0 Å². The zero-order valence-electron chi connectivity index (χ0n) is 10.9. The number of hydrogen-bond acceptors (Lipinski definition) is 5. The monoisotopic (exact) mass is 379 g/mol. The largest absolute Gasteiger partial charge is 0.465 e. The van der Waals surface area contributed by atoms with Gasteiger partial charge in [0, 0.05) is 23.1 Å². The standard InChI is InChI=1S/C12H11BrFNO5S/c1-20-12(17)9-4-7(2-3-10(9)13)15-6-8(5-11(15)16)21(14,18)19/h2-4,8H,5-6H2,1H3. The summed E-state index contributed by atoms with van der Waals surface area (Å²) in [5.74, 6) is -1.12. The van der Waals surface area contributed by atoms with Crippen molar-refractivity contribution in [1.29, 1.82) is 0 Å². The fourth-order valence-electron chi connectivity index (χ4n) is 2.06. The van der Waals surface area contributed by atoms with Crippen LogP contribution in [0.5, 0.6) is 0 Å². The second kappa shape index (κ2) is 5.72. The van der Waals surface area contributed by atoms with E-state index in [2.05, 4.69) is 20.7 Å². The summed E-state index contributed by atoms with van der Waals surface area (Å²) in [5, 5.41) is -1.38. The van der Waals surface area contributed by atoms with Crippen LogP contribution in [0.25, 0.3) is 0 Å². The summed E-state index contributed by atoms with van der Waals surface area (Å²) in [7, 11) is -3.56. The van der Waals surface area contributed by atoms with Gasteiger partial charge in [-0.05, 0) is 34.1 Å². The number of amides is 1. The number of benzene rings is 1. The molecule has 0 N–H and O–H groups in total. The summed E-state index contributed by atoms with van der Waals surface area (Å²) in [5.41, 5.74) is 0.504. The number of rotatable bonds is 3. The number of halogens is 2. The summed E-state index contributed by atoms with van der Waals surface area (Å²) in [6.45, 7) is -0.278. The average Bonchev–Trinajstić information content (AvgIpc) is 2.80. The van der Waals surface area contributed by atoms with Crippen LogP contribution in [0.1, 0.15) is 16.8 Å². The highest BCUT2D eigenvalue weighted by atomic mass is 79.9. The Balaban J connectivity index is 2.35. The highest BCUT2D eigenvalue weighted by molar-refractivity contribution is 9.10. The third-order valence-corrected chi connectivity index (χ3v) is 4.96. The van der Waals surface area contributed by atoms with Gasteiger partial charge in [0.25, 0.3) is 0 Å². The molecule has 0 radical (unpaired) electrons. The van der Waals surface area contributed by atoms with Gasteiger partial charge in [-0.25, -0.2) is 4.79 Å². The van der Waals surface area contributed by atoms with E-state index < -0.39 is 33.8 Å². The van der Waals surface area contributed by atoms with Crippen molar-refractivity contribution in [2.45, 2.75) is 11.7 Å². The molecule has 1 fully saturated rings. The van der Waals surface area contributed by atoms with Gasteiger partial charge in [0.05, 0.1) is 12.7 Å². The molecule has 1 atom stereocenters. The Morgan fingerprint density at radius 2 is 2.14 bits per heavy atom. The van der Waals surface area contributed by atoms with Crippen LogP contribution in [0.4, 0.5) is 9.57 Å². The second-order valence-electron chi connectivity index (χ2n) is 4.46. The number of nitrogens with zero attached hydrogens (tertiary/aromatic N) is 1. The van der Waals surface area contributed by atoms with Gasteiger partial charge in [-0.1, -0.05) is 0 Å². The SMILES string of the molecule is COC(=O)c1cc(N2CC(S(=O)(=O)F)CC2=O)ccc1Br. The summed E-state index contributed by atoms with van der Waals surface area (Å²) < 4.78 is 39.9. The molecule has 6 nitrogen and oxygen atoms in total. The molecule has 1 heterocycles. The number of methoxy groups -OCH3 is 1. The van der Waals surface area contributed by atoms with E-state index in [1.165, 1.54) is 25.3 Å². The molecule has 114 valence electrons. The maximum absolute atomic E-state index is 13.0. The van der Waals surface area contributed by atoms with E-state index in [9.17, 15) is 21.9 Å². The minimum absolute atomic E-state index is 0.189. The maximum Gasteiger partial charge on any atom is 0.339 e. The Bertz CT molecular complexity index is 706. The van der Waals surface area contributed by atoms with Crippen LogP contribution in [0, 0.1) is 0 Å². The molecule has 0 bridgehead atoms. The normalized spacial score (nSPS) is 18.9. The molecule has 1 aromatic rings. The molecule has 2 rings (SSSR count). The fourth-order valence-corrected chi connectivity index (χ4v) is 3.14. The number of carbonyl (C=O) groups is 2. The lowest BCUT2D eigenvalue weighted by Crippen LogP contribution is -2.27. The quantitative estimate of drug-likeness (QED) is 0.588. The first-order chi connectivity index (χ1) is 9.74. The third-order valence-electron chi connectivity index (χ3n) is 3.15. The Morgan fingerprint density at radius 3 is 2.67 bits per heavy atom. The van der Waals surface area contributed by atoms with E-state index in [1.807, 2.05) is 0 Å². The van der Waals surface area contributed by atoms with Crippen molar-refractivity contribution >= 4 is 43.7 Å². The molecule has 21 heavy (non-hydrogen) atoms. The first-order valence-corrected chi connectivity index (χ1v) is 8.09. The minimum atomic E-state index is -4.78. The Hall–Kier alpha value is -1.48. The summed E-state index contributed by atoms with van der Waals surface area (Å²) in [4.78, 5) is 24.6. The molecular weight excluding hydrogens is 369 g/mol. The molecule has 1 saturated heterocycles. The van der Waals surface area contributed by atoms with Crippen LogP contribution >= 0.6 is 15.9 Å². The molecule has 1 unspecified atom stereocenters. The van der Waals surface area contributed by atoms with E-state index in [0.717, 1.165) is 4.90 Å². The molecule has 0 spiro atoms. The van der Waals surface area contributed by atoms with Crippen LogP contribution in [-0.2, 0) is 19.8 Å². The van der Waals surface area contributed by atoms with Gasteiger partial charge in [-0.15, -0.1) is 3.89 Å². The lowest BCUT2D eigenvalue weighted by atomic mass is 10.2. The van der Waals surface area contributed by atoms with Crippen molar-refractivity contribution in [3.8, 4) is 0 Å². The van der Waals surface area contributed by atoms with E-state index in [0.29, 0.717) is 10.2 Å². The van der Waals surface area contributed by atoms with Gasteiger partial charge < -0.3 is 9.64 Å². The lowest BCUT2D eigenvalue weighted by Gasteiger charge is -2.17. The molecule has 9 heteroatoms. The molecule has 0 saturated carbocycles. The maximum atomic E-state index is 13.0. The summed E-state index contributed by atoms with van der Waals surface area (Å²) in [6.07, 6.45) is -0.414. The number of ether oxygens (including phenoxy) is 1. The van der Waals surface area contributed by atoms with Crippen LogP contribution in [-0.4, -0.2) is 39.2 Å². The van der Waals surface area contributed by atoms with Crippen LogP contribution in [0.15, 0.2) is 22.7 Å². The Labute approximate surface area is 129 Å². The van der Waals surface area contributed by atoms with Crippen molar-refractivity contribution in [3.05, 3.63) is 28.2 Å². The van der Waals surface area contributed by atoms with Crippen molar-refractivity contribution in [3.63, 3.8) is 0 Å². The van der Waals surface area contributed by atoms with E-state index in [-0.39, 0.29) is 12.1 Å². The fraction of sp³-hybridized carbons (Fsp3) is 0.333. The van der Waals surface area contributed by atoms with Gasteiger partial charge in [0.1, 0.15) is 5.25 Å². The van der Waals surface area contributed by atoms with E-state index >= 15 is 0 Å². The highest BCUT2D eigenvalue weighted by Gasteiger charge is 2.39. The first kappa shape index (κ1) is 15.9. The second-order valence-corrected chi connectivity index (χ2v) is 6.93. The van der Waals surface area contributed by atoms with E-state index in [4.69, 9.17) is 0 Å². The molecule has 0 aliphatic carbocycles. The molecular formula is C12H11BrFNO5S. The Kier molecular flexibility index (Phi) is 4.33. The number of esters is 1. The molecule has 1 aliphatic rings. The van der Waals surface area contributed by atoms with Gasteiger partial charge in [0.2, 0.25) is 5.91 Å². The topological polar surface area (TPSA) is 80.8 Å². The number of anilines is 1. The Morgan fingerprint density at radius 1 is 1.48 bits per heavy atom. The van der Waals surface area contributed by atoms with Gasteiger partial charge in [-0.2, -0.15) is 8.42 Å². The predicted octanol–water partition coefficient (Wildman–Crippen LogP) is 1.64. The van der Waals surface area contributed by atoms with Crippen molar-refractivity contribution < 1.29 is 26.6 Å². The predicted molar refractivity (Wildman–Crippen MR) is 76.3 cm³/mol. The van der Waals surface area contributed by atoms with Crippen molar-refractivity contribution in [2.75, 3.05) is 18.6 Å². The number of carbonyl (C=O) groups excluding carboxylic acids is 2. The van der Waals surface area contributed by atoms with Crippen molar-refractivity contribution in [1.82, 2.24) is 0 Å². The van der Waals surface area contributed by atoms with Gasteiger partial charge in [-0.3, -0.25) is 4.79 Å². The third kappa shape index (κ3) is 3.24. The van der Waals surface area contributed by atoms with Crippen molar-refractivity contribution in [2.24, 2.45) is 0 Å². The summed E-state index contributed by atoms with van der Waals surface area (Å²) >= 11 is 3.18. The zero-order valence-corrected chi connectivity index (χ0v) is 13.3. The highest BCUT2D eigenvalue weighted by Crippen LogP contribution is 2.29. The van der Waals surface area contributed by atoms with Gasteiger partial charge >= 0.3 is 16.2 Å². The molecule has 1 amide bonds. The van der Waals surface area contributed by atoms with Gasteiger partial charge in [0.15, 0.2) is 0 Å². The smallest absolute Gasteiger partial charge is 0.339 e.